The number of halogens is 3. The maximum Gasteiger partial charge on any atom is 0.254 e. The molecule has 110 valence electrons. The molecule has 21 heavy (non-hydrogen) atoms. The minimum Gasteiger partial charge on any atom is -0.335 e. The molecular weight excluding hydrogens is 281 g/mol. The zero-order valence-corrected chi connectivity index (χ0v) is 11.5. The largest absolute Gasteiger partial charge is 0.335 e. The fraction of sp³-hybridized carbons (Fsp3) is 0.200. The summed E-state index contributed by atoms with van der Waals surface area (Å²) in [7, 11) is 1.51. The van der Waals surface area contributed by atoms with Crippen molar-refractivity contribution in [3.05, 3.63) is 65.2 Å². The van der Waals surface area contributed by atoms with Crippen LogP contribution in [0, 0.1) is 17.5 Å². The van der Waals surface area contributed by atoms with Crippen LogP contribution in [0.3, 0.4) is 0 Å². The predicted octanol–water partition coefficient (Wildman–Crippen LogP) is 3.33. The molecule has 1 heterocycles. The Kier molecular flexibility index (Phi) is 4.26. The maximum atomic E-state index is 13.2. The van der Waals surface area contributed by atoms with Gasteiger partial charge in [-0.3, -0.25) is 9.78 Å². The summed E-state index contributed by atoms with van der Waals surface area (Å²) in [6.45, 7) is 1.77. The van der Waals surface area contributed by atoms with E-state index in [1.165, 1.54) is 11.9 Å². The SMILES string of the molecule is CC(c1ccncc1)N(C)C(=O)c1cc(F)c(F)c(F)c1. The van der Waals surface area contributed by atoms with Gasteiger partial charge in [0.1, 0.15) is 0 Å². The van der Waals surface area contributed by atoms with Gasteiger partial charge in [0, 0.05) is 25.0 Å². The zero-order chi connectivity index (χ0) is 15.6. The van der Waals surface area contributed by atoms with Crippen LogP contribution >= 0.6 is 0 Å². The van der Waals surface area contributed by atoms with Crippen LogP contribution in [-0.2, 0) is 0 Å². The zero-order valence-electron chi connectivity index (χ0n) is 11.5. The van der Waals surface area contributed by atoms with Crippen LogP contribution in [0.1, 0.15) is 28.9 Å². The van der Waals surface area contributed by atoms with Gasteiger partial charge in [0.15, 0.2) is 17.5 Å². The number of aromatic nitrogens is 1. The Balaban J connectivity index is 2.27. The summed E-state index contributed by atoms with van der Waals surface area (Å²) in [5, 5.41) is 0. The first-order chi connectivity index (χ1) is 9.91. The quantitative estimate of drug-likeness (QED) is 0.814. The van der Waals surface area contributed by atoms with E-state index < -0.39 is 23.4 Å². The van der Waals surface area contributed by atoms with Gasteiger partial charge in [-0.15, -0.1) is 0 Å². The molecule has 1 amide bonds. The van der Waals surface area contributed by atoms with Crippen molar-refractivity contribution in [1.29, 1.82) is 0 Å². The minimum absolute atomic E-state index is 0.241. The first-order valence-electron chi connectivity index (χ1n) is 6.23. The fourth-order valence-electron chi connectivity index (χ4n) is 1.92. The standard InChI is InChI=1S/C15H13F3N2O/c1-9(10-3-5-19-6-4-10)20(2)15(21)11-7-12(16)14(18)13(17)8-11/h3-9H,1-2H3. The highest BCUT2D eigenvalue weighted by Gasteiger charge is 2.21. The molecule has 1 unspecified atom stereocenters. The fourth-order valence-corrected chi connectivity index (χ4v) is 1.92. The second kappa shape index (κ2) is 5.95. The molecule has 6 heteroatoms. The molecule has 0 saturated carbocycles. The van der Waals surface area contributed by atoms with Gasteiger partial charge >= 0.3 is 0 Å². The molecule has 2 aromatic rings. The highest BCUT2D eigenvalue weighted by Crippen LogP contribution is 2.21. The van der Waals surface area contributed by atoms with Crippen molar-refractivity contribution in [2.24, 2.45) is 0 Å². The molecule has 1 atom stereocenters. The van der Waals surface area contributed by atoms with Gasteiger partial charge in [-0.25, -0.2) is 13.2 Å². The average Bonchev–Trinajstić information content (AvgIpc) is 2.50. The number of carbonyl (C=O) groups excluding carboxylic acids is 1. The third-order valence-electron chi connectivity index (χ3n) is 3.32. The first-order valence-corrected chi connectivity index (χ1v) is 6.23. The molecule has 0 aliphatic carbocycles. The summed E-state index contributed by atoms with van der Waals surface area (Å²) in [5.41, 5.74) is 0.582. The number of amides is 1. The lowest BCUT2D eigenvalue weighted by Gasteiger charge is -2.25. The Morgan fingerprint density at radius 1 is 1.14 bits per heavy atom. The molecule has 0 aliphatic heterocycles. The Morgan fingerprint density at radius 3 is 2.19 bits per heavy atom. The van der Waals surface area contributed by atoms with Crippen LogP contribution in [0.2, 0.25) is 0 Å². The van der Waals surface area contributed by atoms with Crippen LogP contribution in [-0.4, -0.2) is 22.8 Å². The van der Waals surface area contributed by atoms with Crippen molar-refractivity contribution in [3.63, 3.8) is 0 Å². The monoisotopic (exact) mass is 294 g/mol. The molecule has 0 spiro atoms. The highest BCUT2D eigenvalue weighted by atomic mass is 19.2. The lowest BCUT2D eigenvalue weighted by Crippen LogP contribution is -2.30. The van der Waals surface area contributed by atoms with Crippen LogP contribution in [0.15, 0.2) is 36.7 Å². The van der Waals surface area contributed by atoms with Gasteiger partial charge in [0.05, 0.1) is 6.04 Å². The number of benzene rings is 1. The second-order valence-electron chi connectivity index (χ2n) is 4.63. The number of pyridine rings is 1. The molecule has 1 aromatic heterocycles. The lowest BCUT2D eigenvalue weighted by molar-refractivity contribution is 0.0741. The van der Waals surface area contributed by atoms with E-state index in [1.54, 1.807) is 31.5 Å². The second-order valence-corrected chi connectivity index (χ2v) is 4.63. The molecule has 0 saturated heterocycles. The van der Waals surface area contributed by atoms with Crippen molar-refractivity contribution in [3.8, 4) is 0 Å². The molecule has 0 bridgehead atoms. The smallest absolute Gasteiger partial charge is 0.254 e. The van der Waals surface area contributed by atoms with Crippen LogP contribution in [0.4, 0.5) is 13.2 Å². The van der Waals surface area contributed by atoms with Gasteiger partial charge in [-0.05, 0) is 36.8 Å². The number of nitrogens with zero attached hydrogens (tertiary/aromatic N) is 2. The molecule has 0 radical (unpaired) electrons. The summed E-state index contributed by atoms with van der Waals surface area (Å²) in [6.07, 6.45) is 3.17. The molecule has 0 N–H and O–H groups in total. The predicted molar refractivity (Wildman–Crippen MR) is 71.1 cm³/mol. The number of hydrogen-bond acceptors (Lipinski definition) is 2. The van der Waals surface area contributed by atoms with E-state index in [9.17, 15) is 18.0 Å². The van der Waals surface area contributed by atoms with Gasteiger partial charge in [0.2, 0.25) is 0 Å². The average molecular weight is 294 g/mol. The Bertz CT molecular complexity index is 638. The highest BCUT2D eigenvalue weighted by molar-refractivity contribution is 5.94. The van der Waals surface area contributed by atoms with E-state index in [-0.39, 0.29) is 11.6 Å². The van der Waals surface area contributed by atoms with E-state index in [2.05, 4.69) is 4.98 Å². The first kappa shape index (κ1) is 15.0. The van der Waals surface area contributed by atoms with E-state index in [4.69, 9.17) is 0 Å². The maximum absolute atomic E-state index is 13.2. The third-order valence-corrected chi connectivity index (χ3v) is 3.32. The molecule has 0 aliphatic rings. The normalized spacial score (nSPS) is 12.0. The molecular formula is C15H13F3N2O. The van der Waals surface area contributed by atoms with Gasteiger partial charge in [-0.2, -0.15) is 0 Å². The molecule has 2 rings (SSSR count). The Morgan fingerprint density at radius 2 is 1.67 bits per heavy atom. The number of carbonyl (C=O) groups is 1. The number of hydrogen-bond donors (Lipinski definition) is 0. The summed E-state index contributed by atoms with van der Waals surface area (Å²) >= 11 is 0. The van der Waals surface area contributed by atoms with Crippen molar-refractivity contribution >= 4 is 5.91 Å². The summed E-state index contributed by atoms with van der Waals surface area (Å²) in [6, 6.07) is 4.53. The van der Waals surface area contributed by atoms with Crippen molar-refractivity contribution in [2.75, 3.05) is 7.05 Å². The van der Waals surface area contributed by atoms with Crippen LogP contribution < -0.4 is 0 Å². The minimum atomic E-state index is -1.59. The van der Waals surface area contributed by atoms with Crippen molar-refractivity contribution in [2.45, 2.75) is 13.0 Å². The van der Waals surface area contributed by atoms with E-state index in [0.29, 0.717) is 12.1 Å². The van der Waals surface area contributed by atoms with E-state index in [0.717, 1.165) is 5.56 Å². The molecule has 3 nitrogen and oxygen atoms in total. The van der Waals surface area contributed by atoms with Crippen LogP contribution in [0.25, 0.3) is 0 Å². The van der Waals surface area contributed by atoms with E-state index in [1.807, 2.05) is 0 Å². The molecule has 1 aromatic carbocycles. The van der Waals surface area contributed by atoms with Gasteiger partial charge in [0.25, 0.3) is 5.91 Å². The van der Waals surface area contributed by atoms with Crippen LogP contribution in [0.5, 0.6) is 0 Å². The van der Waals surface area contributed by atoms with Gasteiger partial charge in [-0.1, -0.05) is 0 Å². The Hall–Kier alpha value is -2.37. The Labute approximate surface area is 120 Å². The lowest BCUT2D eigenvalue weighted by atomic mass is 10.1. The van der Waals surface area contributed by atoms with Crippen molar-refractivity contribution in [1.82, 2.24) is 9.88 Å². The van der Waals surface area contributed by atoms with E-state index >= 15 is 0 Å². The number of rotatable bonds is 3. The topological polar surface area (TPSA) is 33.2 Å². The third kappa shape index (κ3) is 3.04. The summed E-state index contributed by atoms with van der Waals surface area (Å²) in [4.78, 5) is 17.4. The summed E-state index contributed by atoms with van der Waals surface area (Å²) in [5.74, 6) is -4.96. The van der Waals surface area contributed by atoms with Gasteiger partial charge < -0.3 is 4.90 Å². The van der Waals surface area contributed by atoms with Crippen molar-refractivity contribution < 1.29 is 18.0 Å². The summed E-state index contributed by atoms with van der Waals surface area (Å²) < 4.78 is 39.3. The molecule has 0 fully saturated rings.